The maximum Gasteiger partial charge on any atom is 0.0131 e. The normalized spacial score (nSPS) is 14.4. The summed E-state index contributed by atoms with van der Waals surface area (Å²) in [5.74, 6) is 0. The Balaban J connectivity index is 2.80. The highest BCUT2D eigenvalue weighted by atomic mass is 32.1. The lowest BCUT2D eigenvalue weighted by Crippen LogP contribution is -2.30. The van der Waals surface area contributed by atoms with Crippen molar-refractivity contribution in [2.24, 2.45) is 0 Å². The Labute approximate surface area is 91.5 Å². The maximum absolute atomic E-state index is 3.31. The second kappa shape index (κ2) is 4.45. The van der Waals surface area contributed by atoms with Gasteiger partial charge in [-0.1, -0.05) is 13.8 Å². The van der Waals surface area contributed by atoms with Crippen LogP contribution in [-0.2, 0) is 5.41 Å². The third-order valence-corrected chi connectivity index (χ3v) is 4.17. The SMILES string of the molecule is CNC(C)CC(C)(C)c1sccc1C. The van der Waals surface area contributed by atoms with E-state index in [9.17, 15) is 0 Å². The number of rotatable bonds is 4. The number of nitrogens with one attached hydrogen (secondary N) is 1. The molecular weight excluding hydrogens is 190 g/mol. The minimum absolute atomic E-state index is 0.292. The average Bonchev–Trinajstić information content (AvgIpc) is 2.51. The number of hydrogen-bond donors (Lipinski definition) is 1. The van der Waals surface area contributed by atoms with E-state index in [1.165, 1.54) is 16.9 Å². The lowest BCUT2D eigenvalue weighted by atomic mass is 9.83. The van der Waals surface area contributed by atoms with E-state index < -0.39 is 0 Å². The van der Waals surface area contributed by atoms with Gasteiger partial charge in [0.25, 0.3) is 0 Å². The fourth-order valence-corrected chi connectivity index (χ4v) is 3.09. The topological polar surface area (TPSA) is 12.0 Å². The van der Waals surface area contributed by atoms with Gasteiger partial charge in [-0.2, -0.15) is 0 Å². The zero-order valence-electron chi connectivity index (χ0n) is 9.85. The molecule has 0 bridgehead atoms. The molecule has 0 aliphatic carbocycles. The molecule has 2 heteroatoms. The summed E-state index contributed by atoms with van der Waals surface area (Å²) in [5, 5.41) is 5.50. The van der Waals surface area contributed by atoms with Crippen molar-refractivity contribution >= 4 is 11.3 Å². The molecule has 0 saturated heterocycles. The Morgan fingerprint density at radius 1 is 1.50 bits per heavy atom. The molecule has 1 aromatic rings. The predicted octanol–water partition coefficient (Wildman–Crippen LogP) is 3.33. The van der Waals surface area contributed by atoms with E-state index in [-0.39, 0.29) is 0 Å². The van der Waals surface area contributed by atoms with Crippen molar-refractivity contribution in [3.63, 3.8) is 0 Å². The molecule has 0 saturated carbocycles. The van der Waals surface area contributed by atoms with Crippen molar-refractivity contribution in [3.8, 4) is 0 Å². The van der Waals surface area contributed by atoms with Crippen molar-refractivity contribution in [2.45, 2.75) is 45.6 Å². The minimum Gasteiger partial charge on any atom is -0.317 e. The van der Waals surface area contributed by atoms with Gasteiger partial charge in [0, 0.05) is 16.3 Å². The van der Waals surface area contributed by atoms with Crippen LogP contribution in [0.5, 0.6) is 0 Å². The smallest absolute Gasteiger partial charge is 0.0131 e. The first-order valence-corrected chi connectivity index (χ1v) is 6.07. The monoisotopic (exact) mass is 211 g/mol. The predicted molar refractivity (Wildman–Crippen MR) is 65.2 cm³/mol. The van der Waals surface area contributed by atoms with E-state index in [0.29, 0.717) is 11.5 Å². The van der Waals surface area contributed by atoms with Gasteiger partial charge in [-0.15, -0.1) is 11.3 Å². The van der Waals surface area contributed by atoms with Crippen LogP contribution in [0, 0.1) is 6.92 Å². The van der Waals surface area contributed by atoms with Crippen LogP contribution in [0.3, 0.4) is 0 Å². The molecule has 1 N–H and O–H groups in total. The average molecular weight is 211 g/mol. The van der Waals surface area contributed by atoms with Gasteiger partial charge in [0.2, 0.25) is 0 Å². The van der Waals surface area contributed by atoms with Gasteiger partial charge in [0.1, 0.15) is 0 Å². The maximum atomic E-state index is 3.31. The van der Waals surface area contributed by atoms with Crippen molar-refractivity contribution in [3.05, 3.63) is 21.9 Å². The van der Waals surface area contributed by atoms with Gasteiger partial charge in [-0.3, -0.25) is 0 Å². The Hall–Kier alpha value is -0.340. The van der Waals surface area contributed by atoms with Crippen molar-refractivity contribution in [2.75, 3.05) is 7.05 Å². The summed E-state index contributed by atoms with van der Waals surface area (Å²) >= 11 is 1.88. The largest absolute Gasteiger partial charge is 0.317 e. The lowest BCUT2D eigenvalue weighted by molar-refractivity contribution is 0.410. The van der Waals surface area contributed by atoms with Gasteiger partial charge < -0.3 is 5.32 Å². The van der Waals surface area contributed by atoms with Gasteiger partial charge in [0.05, 0.1) is 0 Å². The first-order chi connectivity index (χ1) is 6.47. The first kappa shape index (κ1) is 11.7. The van der Waals surface area contributed by atoms with E-state index >= 15 is 0 Å². The molecule has 1 unspecified atom stereocenters. The Kier molecular flexibility index (Phi) is 3.73. The van der Waals surface area contributed by atoms with Crippen LogP contribution in [0.1, 0.15) is 37.6 Å². The molecule has 0 aliphatic rings. The van der Waals surface area contributed by atoms with Crippen LogP contribution in [-0.4, -0.2) is 13.1 Å². The zero-order valence-corrected chi connectivity index (χ0v) is 10.7. The van der Waals surface area contributed by atoms with Crippen LogP contribution in [0.15, 0.2) is 11.4 Å². The van der Waals surface area contributed by atoms with E-state index in [0.717, 1.165) is 0 Å². The van der Waals surface area contributed by atoms with Crippen LogP contribution >= 0.6 is 11.3 Å². The fraction of sp³-hybridized carbons (Fsp3) is 0.667. The molecule has 80 valence electrons. The van der Waals surface area contributed by atoms with Gasteiger partial charge in [-0.25, -0.2) is 0 Å². The zero-order chi connectivity index (χ0) is 10.8. The molecule has 0 spiro atoms. The second-order valence-corrected chi connectivity index (χ2v) is 5.63. The molecule has 0 fully saturated rings. The van der Waals surface area contributed by atoms with Crippen LogP contribution in [0.2, 0.25) is 0 Å². The summed E-state index contributed by atoms with van der Waals surface area (Å²) in [5.41, 5.74) is 1.73. The fourth-order valence-electron chi connectivity index (χ4n) is 2.03. The van der Waals surface area contributed by atoms with Crippen molar-refractivity contribution < 1.29 is 0 Å². The summed E-state index contributed by atoms with van der Waals surface area (Å²) in [6, 6.07) is 2.79. The molecule has 0 radical (unpaired) electrons. The molecule has 14 heavy (non-hydrogen) atoms. The molecule has 0 amide bonds. The van der Waals surface area contributed by atoms with Gasteiger partial charge in [-0.05, 0) is 44.3 Å². The van der Waals surface area contributed by atoms with Crippen LogP contribution in [0.25, 0.3) is 0 Å². The van der Waals surface area contributed by atoms with E-state index in [1.54, 1.807) is 0 Å². The molecule has 1 heterocycles. The van der Waals surface area contributed by atoms with E-state index in [2.05, 4.69) is 44.5 Å². The number of hydrogen-bond acceptors (Lipinski definition) is 2. The summed E-state index contributed by atoms with van der Waals surface area (Å²) in [7, 11) is 2.03. The molecule has 1 atom stereocenters. The third kappa shape index (κ3) is 2.58. The summed E-state index contributed by atoms with van der Waals surface area (Å²) in [6.45, 7) is 9.11. The van der Waals surface area contributed by atoms with Crippen LogP contribution in [0.4, 0.5) is 0 Å². The number of thiophene rings is 1. The standard InChI is InChI=1S/C12H21NS/c1-9-6-7-14-11(9)12(3,4)8-10(2)13-5/h6-7,10,13H,8H2,1-5H3. The van der Waals surface area contributed by atoms with Gasteiger partial charge >= 0.3 is 0 Å². The highest BCUT2D eigenvalue weighted by Gasteiger charge is 2.25. The van der Waals surface area contributed by atoms with Crippen LogP contribution < -0.4 is 5.32 Å². The molecule has 1 nitrogen and oxygen atoms in total. The Morgan fingerprint density at radius 2 is 2.14 bits per heavy atom. The molecule has 0 aromatic carbocycles. The Morgan fingerprint density at radius 3 is 2.57 bits per heavy atom. The van der Waals surface area contributed by atoms with Crippen molar-refractivity contribution in [1.29, 1.82) is 0 Å². The quantitative estimate of drug-likeness (QED) is 0.805. The lowest BCUT2D eigenvalue weighted by Gasteiger charge is -2.27. The highest BCUT2D eigenvalue weighted by molar-refractivity contribution is 7.10. The first-order valence-electron chi connectivity index (χ1n) is 5.19. The van der Waals surface area contributed by atoms with E-state index in [1.807, 2.05) is 18.4 Å². The molecular formula is C12H21NS. The molecule has 1 rings (SSSR count). The third-order valence-electron chi connectivity index (χ3n) is 2.79. The summed E-state index contributed by atoms with van der Waals surface area (Å²) in [4.78, 5) is 1.53. The second-order valence-electron chi connectivity index (χ2n) is 4.71. The summed E-state index contributed by atoms with van der Waals surface area (Å²) < 4.78 is 0. The van der Waals surface area contributed by atoms with Crippen molar-refractivity contribution in [1.82, 2.24) is 5.32 Å². The molecule has 1 aromatic heterocycles. The van der Waals surface area contributed by atoms with Gasteiger partial charge in [0.15, 0.2) is 0 Å². The Bertz CT molecular complexity index is 288. The van der Waals surface area contributed by atoms with E-state index in [4.69, 9.17) is 0 Å². The summed E-state index contributed by atoms with van der Waals surface area (Å²) in [6.07, 6.45) is 1.19. The minimum atomic E-state index is 0.292. The molecule has 0 aliphatic heterocycles. The highest BCUT2D eigenvalue weighted by Crippen LogP contribution is 2.34. The number of aryl methyl sites for hydroxylation is 1.